The standard InChI is InChI=1S/C17H25N7O/c1-12-7-18-8-15(19-12)20-14-5-6-24(11-14)10-13-9-23(4)21-16(13)17(25)22(2)3/h7-9,14H,5-6,10-11H2,1-4H3,(H,19,20). The molecule has 1 fully saturated rings. The fourth-order valence-corrected chi connectivity index (χ4v) is 3.12. The number of anilines is 1. The van der Waals surface area contributed by atoms with Crippen LogP contribution in [-0.2, 0) is 13.6 Å². The van der Waals surface area contributed by atoms with E-state index in [0.717, 1.165) is 43.1 Å². The van der Waals surface area contributed by atoms with Crippen molar-refractivity contribution in [1.29, 1.82) is 0 Å². The van der Waals surface area contributed by atoms with Crippen LogP contribution >= 0.6 is 0 Å². The Morgan fingerprint density at radius 2 is 2.20 bits per heavy atom. The highest BCUT2D eigenvalue weighted by molar-refractivity contribution is 5.93. The molecule has 3 heterocycles. The normalized spacial score (nSPS) is 17.7. The largest absolute Gasteiger partial charge is 0.365 e. The van der Waals surface area contributed by atoms with E-state index >= 15 is 0 Å². The van der Waals surface area contributed by atoms with E-state index < -0.39 is 0 Å². The highest BCUT2D eigenvalue weighted by Crippen LogP contribution is 2.18. The molecule has 2 aromatic rings. The lowest BCUT2D eigenvalue weighted by atomic mass is 10.2. The van der Waals surface area contributed by atoms with Gasteiger partial charge in [-0.25, -0.2) is 4.98 Å². The van der Waals surface area contributed by atoms with E-state index in [1.54, 1.807) is 36.1 Å². The summed E-state index contributed by atoms with van der Waals surface area (Å²) in [7, 11) is 5.35. The van der Waals surface area contributed by atoms with Crippen LogP contribution in [0.25, 0.3) is 0 Å². The highest BCUT2D eigenvalue weighted by atomic mass is 16.2. The average molecular weight is 343 g/mol. The van der Waals surface area contributed by atoms with Gasteiger partial charge < -0.3 is 10.2 Å². The molecule has 8 nitrogen and oxygen atoms in total. The van der Waals surface area contributed by atoms with E-state index in [9.17, 15) is 4.79 Å². The number of hydrogen-bond donors (Lipinski definition) is 1. The molecule has 0 aliphatic carbocycles. The van der Waals surface area contributed by atoms with Crippen molar-refractivity contribution in [3.8, 4) is 0 Å². The molecule has 1 aliphatic heterocycles. The number of carbonyl (C=O) groups is 1. The Labute approximate surface area is 147 Å². The summed E-state index contributed by atoms with van der Waals surface area (Å²) in [6.07, 6.45) is 6.47. The van der Waals surface area contributed by atoms with Crippen LogP contribution < -0.4 is 5.32 Å². The summed E-state index contributed by atoms with van der Waals surface area (Å²) in [6, 6.07) is 0.334. The lowest BCUT2D eigenvalue weighted by Crippen LogP contribution is -2.28. The van der Waals surface area contributed by atoms with Gasteiger partial charge in [-0.1, -0.05) is 0 Å². The van der Waals surface area contributed by atoms with E-state index in [0.29, 0.717) is 11.7 Å². The lowest BCUT2D eigenvalue weighted by molar-refractivity contribution is 0.0819. The van der Waals surface area contributed by atoms with Gasteiger partial charge in [0, 0.05) is 64.8 Å². The summed E-state index contributed by atoms with van der Waals surface area (Å²) in [4.78, 5) is 24.8. The van der Waals surface area contributed by atoms with Crippen LogP contribution in [0.4, 0.5) is 5.82 Å². The number of nitrogens with zero attached hydrogens (tertiary/aromatic N) is 6. The summed E-state index contributed by atoms with van der Waals surface area (Å²) >= 11 is 0. The second kappa shape index (κ2) is 7.18. The topological polar surface area (TPSA) is 79.2 Å². The smallest absolute Gasteiger partial charge is 0.274 e. The van der Waals surface area contributed by atoms with Crippen LogP contribution in [0, 0.1) is 6.92 Å². The van der Waals surface area contributed by atoms with E-state index in [-0.39, 0.29) is 5.91 Å². The fraction of sp³-hybridized carbons (Fsp3) is 0.529. The second-order valence-corrected chi connectivity index (χ2v) is 6.79. The predicted molar refractivity (Wildman–Crippen MR) is 95.3 cm³/mol. The first-order valence-electron chi connectivity index (χ1n) is 8.44. The molecular weight excluding hydrogens is 318 g/mol. The van der Waals surface area contributed by atoms with Crippen molar-refractivity contribution >= 4 is 11.7 Å². The Morgan fingerprint density at radius 3 is 2.92 bits per heavy atom. The minimum atomic E-state index is -0.0560. The van der Waals surface area contributed by atoms with Crippen LogP contribution in [0.5, 0.6) is 0 Å². The summed E-state index contributed by atoms with van der Waals surface area (Å²) in [6.45, 7) is 4.53. The number of hydrogen-bond acceptors (Lipinski definition) is 6. The molecule has 3 rings (SSSR count). The van der Waals surface area contributed by atoms with Crippen molar-refractivity contribution in [2.45, 2.75) is 25.9 Å². The number of nitrogens with one attached hydrogen (secondary N) is 1. The minimum Gasteiger partial charge on any atom is -0.365 e. The zero-order valence-electron chi connectivity index (χ0n) is 15.2. The van der Waals surface area contributed by atoms with E-state index in [2.05, 4.69) is 25.3 Å². The second-order valence-electron chi connectivity index (χ2n) is 6.79. The third-order valence-corrected chi connectivity index (χ3v) is 4.29. The van der Waals surface area contributed by atoms with Gasteiger partial charge in [0.25, 0.3) is 5.91 Å². The summed E-state index contributed by atoms with van der Waals surface area (Å²) in [5, 5.41) is 7.78. The van der Waals surface area contributed by atoms with E-state index in [1.807, 2.05) is 20.2 Å². The van der Waals surface area contributed by atoms with Crippen molar-refractivity contribution in [1.82, 2.24) is 29.5 Å². The quantitative estimate of drug-likeness (QED) is 0.869. The molecule has 1 saturated heterocycles. The number of likely N-dealkylation sites (tertiary alicyclic amines) is 1. The van der Waals surface area contributed by atoms with Gasteiger partial charge in [0.2, 0.25) is 0 Å². The molecule has 1 aliphatic rings. The zero-order chi connectivity index (χ0) is 18.0. The molecule has 1 unspecified atom stereocenters. The van der Waals surface area contributed by atoms with Gasteiger partial charge >= 0.3 is 0 Å². The monoisotopic (exact) mass is 343 g/mol. The summed E-state index contributed by atoms with van der Waals surface area (Å²) < 4.78 is 1.71. The Kier molecular flexibility index (Phi) is 4.98. The molecule has 0 bridgehead atoms. The van der Waals surface area contributed by atoms with Gasteiger partial charge in [-0.2, -0.15) is 5.10 Å². The number of carbonyl (C=O) groups excluding carboxylic acids is 1. The number of rotatable bonds is 5. The van der Waals surface area contributed by atoms with E-state index in [4.69, 9.17) is 0 Å². The van der Waals surface area contributed by atoms with Crippen LogP contribution in [0.2, 0.25) is 0 Å². The van der Waals surface area contributed by atoms with Crippen LogP contribution in [0.1, 0.15) is 28.2 Å². The average Bonchev–Trinajstić information content (AvgIpc) is 3.13. The molecule has 1 amide bonds. The van der Waals surface area contributed by atoms with Crippen LogP contribution in [-0.4, -0.2) is 68.7 Å². The molecule has 2 aromatic heterocycles. The third kappa shape index (κ3) is 4.14. The Morgan fingerprint density at radius 1 is 1.40 bits per heavy atom. The lowest BCUT2D eigenvalue weighted by Gasteiger charge is -2.17. The maximum Gasteiger partial charge on any atom is 0.274 e. The van der Waals surface area contributed by atoms with Gasteiger partial charge in [-0.15, -0.1) is 0 Å². The summed E-state index contributed by atoms with van der Waals surface area (Å²) in [5.74, 6) is 0.760. The molecule has 0 radical (unpaired) electrons. The fourth-order valence-electron chi connectivity index (χ4n) is 3.12. The minimum absolute atomic E-state index is 0.0560. The predicted octanol–water partition coefficient (Wildman–Crippen LogP) is 0.907. The van der Waals surface area contributed by atoms with E-state index in [1.165, 1.54) is 0 Å². The Balaban J connectivity index is 1.63. The van der Waals surface area contributed by atoms with Crippen molar-refractivity contribution in [3.05, 3.63) is 35.5 Å². The summed E-state index contributed by atoms with van der Waals surface area (Å²) in [5.41, 5.74) is 2.41. The van der Waals surface area contributed by atoms with Gasteiger partial charge in [0.1, 0.15) is 5.82 Å². The SMILES string of the molecule is Cc1cncc(NC2CCN(Cc3cn(C)nc3C(=O)N(C)C)C2)n1. The molecule has 134 valence electrons. The van der Waals surface area contributed by atoms with Crippen molar-refractivity contribution in [3.63, 3.8) is 0 Å². The number of aryl methyl sites for hydroxylation is 2. The van der Waals surface area contributed by atoms with Gasteiger partial charge in [-0.3, -0.25) is 19.4 Å². The highest BCUT2D eigenvalue weighted by Gasteiger charge is 2.26. The number of amides is 1. The molecule has 0 spiro atoms. The van der Waals surface area contributed by atoms with Gasteiger partial charge in [0.15, 0.2) is 5.69 Å². The van der Waals surface area contributed by atoms with Gasteiger partial charge in [-0.05, 0) is 13.3 Å². The first kappa shape index (κ1) is 17.3. The molecule has 1 atom stereocenters. The molecular formula is C17H25N7O. The maximum atomic E-state index is 12.3. The molecule has 0 aromatic carbocycles. The van der Waals surface area contributed by atoms with Crippen molar-refractivity contribution in [2.75, 3.05) is 32.5 Å². The third-order valence-electron chi connectivity index (χ3n) is 4.29. The van der Waals surface area contributed by atoms with Crippen LogP contribution in [0.15, 0.2) is 18.6 Å². The molecule has 25 heavy (non-hydrogen) atoms. The van der Waals surface area contributed by atoms with Gasteiger partial charge in [0.05, 0.1) is 11.9 Å². The first-order valence-corrected chi connectivity index (χ1v) is 8.44. The first-order chi connectivity index (χ1) is 11.9. The van der Waals surface area contributed by atoms with Crippen molar-refractivity contribution < 1.29 is 4.79 Å². The molecule has 8 heteroatoms. The maximum absolute atomic E-state index is 12.3. The zero-order valence-corrected chi connectivity index (χ0v) is 15.2. The van der Waals surface area contributed by atoms with Crippen LogP contribution in [0.3, 0.4) is 0 Å². The van der Waals surface area contributed by atoms with Crippen molar-refractivity contribution in [2.24, 2.45) is 7.05 Å². The molecule has 1 N–H and O–H groups in total. The molecule has 0 saturated carbocycles. The number of aromatic nitrogens is 4. The Bertz CT molecular complexity index is 755. The Hall–Kier alpha value is -2.48.